The van der Waals surface area contributed by atoms with Gasteiger partial charge in [0.1, 0.15) is 0 Å². The molecule has 1 aromatic rings. The van der Waals surface area contributed by atoms with Gasteiger partial charge < -0.3 is 10.6 Å². The molecule has 0 saturated heterocycles. The minimum absolute atomic E-state index is 0.501. The van der Waals surface area contributed by atoms with Crippen molar-refractivity contribution in [2.75, 3.05) is 13.1 Å². The van der Waals surface area contributed by atoms with E-state index in [1.807, 2.05) is 24.4 Å². The van der Waals surface area contributed by atoms with Crippen LogP contribution in [0.4, 0.5) is 0 Å². The predicted molar refractivity (Wildman–Crippen MR) is 83.6 cm³/mol. The van der Waals surface area contributed by atoms with Gasteiger partial charge in [0.25, 0.3) is 0 Å². The Morgan fingerprint density at radius 2 is 2.15 bits per heavy atom. The van der Waals surface area contributed by atoms with Gasteiger partial charge in [-0.2, -0.15) is 0 Å². The van der Waals surface area contributed by atoms with Gasteiger partial charge in [0.15, 0.2) is 5.96 Å². The van der Waals surface area contributed by atoms with Crippen molar-refractivity contribution in [3.8, 4) is 0 Å². The summed E-state index contributed by atoms with van der Waals surface area (Å²) < 4.78 is 0. The average molecular weight is 274 g/mol. The lowest BCUT2D eigenvalue weighted by molar-refractivity contribution is 0.131. The van der Waals surface area contributed by atoms with Gasteiger partial charge in [0.2, 0.25) is 0 Å². The summed E-state index contributed by atoms with van der Waals surface area (Å²) in [5.74, 6) is 0.901. The molecule has 0 radical (unpaired) electrons. The second-order valence-corrected chi connectivity index (χ2v) is 5.58. The molecule has 1 saturated carbocycles. The number of hydrogen-bond donors (Lipinski definition) is 2. The third-order valence-corrected chi connectivity index (χ3v) is 4.26. The highest BCUT2D eigenvalue weighted by atomic mass is 15.2. The molecular weight excluding hydrogens is 248 g/mol. The largest absolute Gasteiger partial charge is 0.357 e. The van der Waals surface area contributed by atoms with Crippen molar-refractivity contribution >= 4 is 5.96 Å². The maximum atomic E-state index is 4.61. The Hall–Kier alpha value is -1.58. The molecule has 0 unspecified atom stereocenters. The number of aromatic nitrogens is 1. The van der Waals surface area contributed by atoms with Crippen LogP contribution in [-0.4, -0.2) is 24.0 Å². The Kier molecular flexibility index (Phi) is 5.39. The minimum atomic E-state index is 0.501. The first kappa shape index (κ1) is 14.8. The number of hydrogen-bond acceptors (Lipinski definition) is 2. The molecule has 0 aliphatic heterocycles. The molecule has 1 fully saturated rings. The van der Waals surface area contributed by atoms with Crippen molar-refractivity contribution < 1.29 is 0 Å². The molecular formula is C16H26N4. The van der Waals surface area contributed by atoms with Crippen molar-refractivity contribution in [1.82, 2.24) is 15.6 Å². The summed E-state index contributed by atoms with van der Waals surface area (Å²) >= 11 is 0. The Labute approximate surface area is 122 Å². The van der Waals surface area contributed by atoms with E-state index in [1.165, 1.54) is 25.7 Å². The third-order valence-electron chi connectivity index (χ3n) is 4.26. The number of pyridine rings is 1. The smallest absolute Gasteiger partial charge is 0.191 e. The van der Waals surface area contributed by atoms with Crippen LogP contribution in [0.5, 0.6) is 0 Å². The molecule has 0 atom stereocenters. The van der Waals surface area contributed by atoms with Crippen LogP contribution in [0.25, 0.3) is 0 Å². The van der Waals surface area contributed by atoms with E-state index in [2.05, 4.69) is 34.5 Å². The maximum Gasteiger partial charge on any atom is 0.191 e. The highest BCUT2D eigenvalue weighted by Crippen LogP contribution is 2.42. The van der Waals surface area contributed by atoms with E-state index in [0.717, 1.165) is 24.7 Å². The van der Waals surface area contributed by atoms with E-state index >= 15 is 0 Å². The maximum absolute atomic E-state index is 4.61. The van der Waals surface area contributed by atoms with Gasteiger partial charge in [0, 0.05) is 19.3 Å². The molecule has 20 heavy (non-hydrogen) atoms. The Bertz CT molecular complexity index is 418. The van der Waals surface area contributed by atoms with E-state index in [-0.39, 0.29) is 0 Å². The molecule has 1 aromatic heterocycles. The van der Waals surface area contributed by atoms with Gasteiger partial charge in [-0.25, -0.2) is 4.99 Å². The van der Waals surface area contributed by atoms with Gasteiger partial charge in [-0.3, -0.25) is 4.98 Å². The van der Waals surface area contributed by atoms with E-state index in [4.69, 9.17) is 0 Å². The first-order valence-electron chi connectivity index (χ1n) is 7.70. The second-order valence-electron chi connectivity index (χ2n) is 5.58. The summed E-state index contributed by atoms with van der Waals surface area (Å²) in [6, 6.07) is 5.93. The Balaban J connectivity index is 1.89. The van der Waals surface area contributed by atoms with Crippen molar-refractivity contribution in [3.05, 3.63) is 30.1 Å². The van der Waals surface area contributed by atoms with Crippen molar-refractivity contribution in [2.45, 2.75) is 46.1 Å². The van der Waals surface area contributed by atoms with Crippen LogP contribution in [0, 0.1) is 5.41 Å². The van der Waals surface area contributed by atoms with E-state index in [1.54, 1.807) is 0 Å². The monoisotopic (exact) mass is 274 g/mol. The SMILES string of the molecule is CCNC(=NCc1ccccn1)NCC1(CC)CCC1. The zero-order valence-electron chi connectivity index (χ0n) is 12.7. The molecule has 2 rings (SSSR count). The van der Waals surface area contributed by atoms with Crippen LogP contribution in [0.2, 0.25) is 0 Å². The third kappa shape index (κ3) is 3.95. The summed E-state index contributed by atoms with van der Waals surface area (Å²) in [5, 5.41) is 6.80. The lowest BCUT2D eigenvalue weighted by Crippen LogP contribution is -2.46. The standard InChI is InChI=1S/C16H26N4/c1-3-16(9-7-10-16)13-20-15(17-4-2)19-12-14-8-5-6-11-18-14/h5-6,8,11H,3-4,7,9-10,12-13H2,1-2H3,(H2,17,19,20). The molecule has 4 heteroatoms. The van der Waals surface area contributed by atoms with Gasteiger partial charge in [-0.1, -0.05) is 19.4 Å². The van der Waals surface area contributed by atoms with Gasteiger partial charge in [-0.05, 0) is 43.7 Å². The Morgan fingerprint density at radius 3 is 2.70 bits per heavy atom. The lowest BCUT2D eigenvalue weighted by Gasteiger charge is -2.41. The average Bonchev–Trinajstić information content (AvgIpc) is 2.45. The number of aliphatic imine (C=N–C) groups is 1. The molecule has 1 heterocycles. The van der Waals surface area contributed by atoms with Gasteiger partial charge in [-0.15, -0.1) is 0 Å². The molecule has 0 bridgehead atoms. The zero-order chi connectivity index (χ0) is 14.3. The molecule has 110 valence electrons. The highest BCUT2D eigenvalue weighted by Gasteiger charge is 2.34. The summed E-state index contributed by atoms with van der Waals surface area (Å²) in [6.07, 6.45) is 7.12. The summed E-state index contributed by atoms with van der Waals surface area (Å²) in [7, 11) is 0. The van der Waals surface area contributed by atoms with Gasteiger partial charge in [0.05, 0.1) is 12.2 Å². The van der Waals surface area contributed by atoms with Crippen LogP contribution in [-0.2, 0) is 6.54 Å². The predicted octanol–water partition coefficient (Wildman–Crippen LogP) is 2.72. The molecule has 4 nitrogen and oxygen atoms in total. The first-order chi connectivity index (χ1) is 9.78. The summed E-state index contributed by atoms with van der Waals surface area (Å²) in [6.45, 7) is 6.91. The minimum Gasteiger partial charge on any atom is -0.357 e. The van der Waals surface area contributed by atoms with Crippen LogP contribution < -0.4 is 10.6 Å². The van der Waals surface area contributed by atoms with Crippen molar-refractivity contribution in [3.63, 3.8) is 0 Å². The number of nitrogens with zero attached hydrogens (tertiary/aromatic N) is 2. The lowest BCUT2D eigenvalue weighted by atomic mass is 9.67. The first-order valence-corrected chi connectivity index (χ1v) is 7.70. The fourth-order valence-corrected chi connectivity index (χ4v) is 2.60. The molecule has 2 N–H and O–H groups in total. The van der Waals surface area contributed by atoms with Crippen LogP contribution in [0.3, 0.4) is 0 Å². The van der Waals surface area contributed by atoms with E-state index in [9.17, 15) is 0 Å². The summed E-state index contributed by atoms with van der Waals surface area (Å²) in [4.78, 5) is 8.91. The van der Waals surface area contributed by atoms with Crippen LogP contribution in [0.15, 0.2) is 29.4 Å². The Morgan fingerprint density at radius 1 is 1.30 bits per heavy atom. The van der Waals surface area contributed by atoms with E-state index < -0.39 is 0 Å². The fraction of sp³-hybridized carbons (Fsp3) is 0.625. The number of rotatable bonds is 6. The molecule has 0 amide bonds. The number of nitrogens with one attached hydrogen (secondary N) is 2. The topological polar surface area (TPSA) is 49.3 Å². The van der Waals surface area contributed by atoms with Crippen molar-refractivity contribution in [2.24, 2.45) is 10.4 Å². The normalized spacial score (nSPS) is 17.4. The van der Waals surface area contributed by atoms with Crippen LogP contribution >= 0.6 is 0 Å². The molecule has 1 aliphatic rings. The van der Waals surface area contributed by atoms with Crippen LogP contribution in [0.1, 0.15) is 45.2 Å². The quantitative estimate of drug-likeness (QED) is 0.619. The zero-order valence-corrected chi connectivity index (χ0v) is 12.7. The van der Waals surface area contributed by atoms with Gasteiger partial charge >= 0.3 is 0 Å². The summed E-state index contributed by atoms with van der Waals surface area (Å²) in [5.41, 5.74) is 1.50. The van der Waals surface area contributed by atoms with E-state index in [0.29, 0.717) is 12.0 Å². The molecule has 1 aliphatic carbocycles. The second kappa shape index (κ2) is 7.27. The molecule has 0 aromatic carbocycles. The van der Waals surface area contributed by atoms with Crippen molar-refractivity contribution in [1.29, 1.82) is 0 Å². The fourth-order valence-electron chi connectivity index (χ4n) is 2.60. The highest BCUT2D eigenvalue weighted by molar-refractivity contribution is 5.79. The molecule has 0 spiro atoms. The number of guanidine groups is 1.